The van der Waals surface area contributed by atoms with Crippen molar-refractivity contribution in [2.45, 2.75) is 0 Å². The normalized spacial score (nSPS) is 9.00. The second-order valence-corrected chi connectivity index (χ2v) is 0.815. The molecule has 0 atom stereocenters. The fraction of sp³-hybridized carbons (Fsp3) is 0. The smallest absolute Gasteiger partial charge is 0.332 e. The minimum atomic E-state index is -1.20. The van der Waals surface area contributed by atoms with E-state index in [2.05, 4.69) is 4.74 Å². The van der Waals surface area contributed by atoms with Crippen molar-refractivity contribution in [2.75, 3.05) is 0 Å². The SMILES string of the molecule is O=CO/[C]=C/C(=O)O. The van der Waals surface area contributed by atoms with E-state index in [1.165, 1.54) is 0 Å². The van der Waals surface area contributed by atoms with E-state index in [9.17, 15) is 9.59 Å². The molecule has 0 heterocycles. The Balaban J connectivity index is 3.34. The highest BCUT2D eigenvalue weighted by Gasteiger charge is 1.82. The van der Waals surface area contributed by atoms with Crippen LogP contribution in [0.15, 0.2) is 6.08 Å². The molecule has 0 bridgehead atoms. The second-order valence-electron chi connectivity index (χ2n) is 0.815. The van der Waals surface area contributed by atoms with Gasteiger partial charge in [0.1, 0.15) is 0 Å². The van der Waals surface area contributed by atoms with Gasteiger partial charge in [0.05, 0.1) is 6.08 Å². The molecule has 0 fully saturated rings. The molecule has 4 nitrogen and oxygen atoms in total. The standard InChI is InChI=1S/C4H3O4/c5-3-8-2-1-4(6)7/h1,3H,(H,6,7). The van der Waals surface area contributed by atoms with Crippen LogP contribution in [0.4, 0.5) is 0 Å². The summed E-state index contributed by atoms with van der Waals surface area (Å²) < 4.78 is 3.78. The Hall–Kier alpha value is -1.32. The summed E-state index contributed by atoms with van der Waals surface area (Å²) in [6.07, 6.45) is 2.33. The van der Waals surface area contributed by atoms with Gasteiger partial charge in [-0.1, -0.05) is 0 Å². The predicted octanol–water partition coefficient (Wildman–Crippen LogP) is -0.439. The van der Waals surface area contributed by atoms with Crippen LogP contribution in [-0.2, 0) is 14.3 Å². The van der Waals surface area contributed by atoms with E-state index in [1.54, 1.807) is 6.26 Å². The number of carboxylic acid groups (broad SMARTS) is 1. The number of carbonyl (C=O) groups excluding carboxylic acids is 1. The number of carbonyl (C=O) groups is 2. The van der Waals surface area contributed by atoms with E-state index in [4.69, 9.17) is 5.11 Å². The van der Waals surface area contributed by atoms with Gasteiger partial charge in [-0.25, -0.2) is 4.79 Å². The molecular weight excluding hydrogens is 112 g/mol. The molecule has 0 saturated carbocycles. The zero-order valence-corrected chi connectivity index (χ0v) is 3.83. The molecule has 1 radical (unpaired) electrons. The molecule has 1 N–H and O–H groups in total. The molecule has 4 heteroatoms. The molecule has 0 unspecified atom stereocenters. The fourth-order valence-electron chi connectivity index (χ4n) is 0.112. The molecule has 0 amide bonds. The molecule has 8 heavy (non-hydrogen) atoms. The number of hydrogen-bond donors (Lipinski definition) is 1. The molecule has 0 aliphatic carbocycles. The average Bonchev–Trinajstić information content (AvgIpc) is 1.66. The van der Waals surface area contributed by atoms with E-state index >= 15 is 0 Å². The van der Waals surface area contributed by atoms with Crippen LogP contribution in [0, 0.1) is 6.26 Å². The van der Waals surface area contributed by atoms with Crippen molar-refractivity contribution in [2.24, 2.45) is 0 Å². The molecule has 0 aromatic heterocycles. The van der Waals surface area contributed by atoms with Gasteiger partial charge < -0.3 is 9.84 Å². The molecule has 0 aromatic rings. The summed E-state index contributed by atoms with van der Waals surface area (Å²) in [7, 11) is 0. The number of ether oxygens (including phenoxy) is 1. The van der Waals surface area contributed by atoms with Gasteiger partial charge in [0.2, 0.25) is 0 Å². The van der Waals surface area contributed by atoms with Crippen LogP contribution in [0.25, 0.3) is 0 Å². The Kier molecular flexibility index (Phi) is 3.22. The summed E-state index contributed by atoms with van der Waals surface area (Å²) in [5.41, 5.74) is 0. The van der Waals surface area contributed by atoms with Gasteiger partial charge >= 0.3 is 5.97 Å². The van der Waals surface area contributed by atoms with E-state index in [-0.39, 0.29) is 6.47 Å². The van der Waals surface area contributed by atoms with E-state index in [0.29, 0.717) is 6.08 Å². The molecule has 0 rings (SSSR count). The third-order valence-corrected chi connectivity index (χ3v) is 0.299. The number of carboxylic acids is 1. The van der Waals surface area contributed by atoms with Crippen molar-refractivity contribution in [3.05, 3.63) is 12.3 Å². The van der Waals surface area contributed by atoms with Crippen LogP contribution in [-0.4, -0.2) is 17.5 Å². The zero-order valence-electron chi connectivity index (χ0n) is 3.83. The van der Waals surface area contributed by atoms with Crippen molar-refractivity contribution in [3.63, 3.8) is 0 Å². The molecule has 0 saturated heterocycles. The third kappa shape index (κ3) is 4.68. The summed E-state index contributed by atoms with van der Waals surface area (Å²) in [5.74, 6) is -1.20. The minimum absolute atomic E-state index is 0.0828. The molecule has 0 aliphatic rings. The topological polar surface area (TPSA) is 63.6 Å². The van der Waals surface area contributed by atoms with Gasteiger partial charge in [-0.2, -0.15) is 0 Å². The highest BCUT2D eigenvalue weighted by molar-refractivity contribution is 5.78. The van der Waals surface area contributed by atoms with Gasteiger partial charge in [-0.15, -0.1) is 0 Å². The van der Waals surface area contributed by atoms with Crippen molar-refractivity contribution in [1.29, 1.82) is 0 Å². The maximum Gasteiger partial charge on any atom is 0.332 e. The Bertz CT molecular complexity index is 115. The number of hydrogen-bond acceptors (Lipinski definition) is 3. The highest BCUT2D eigenvalue weighted by atomic mass is 16.5. The van der Waals surface area contributed by atoms with Gasteiger partial charge in [0.15, 0.2) is 6.26 Å². The first-order valence-electron chi connectivity index (χ1n) is 1.68. The van der Waals surface area contributed by atoms with Crippen molar-refractivity contribution in [1.82, 2.24) is 0 Å². The van der Waals surface area contributed by atoms with Crippen LogP contribution in [0.1, 0.15) is 0 Å². The van der Waals surface area contributed by atoms with E-state index in [1.807, 2.05) is 0 Å². The fourth-order valence-corrected chi connectivity index (χ4v) is 0.112. The van der Waals surface area contributed by atoms with Crippen molar-refractivity contribution >= 4 is 12.4 Å². The van der Waals surface area contributed by atoms with E-state index in [0.717, 1.165) is 0 Å². The first kappa shape index (κ1) is 6.68. The summed E-state index contributed by atoms with van der Waals surface area (Å²) in [6, 6.07) is 0. The maximum atomic E-state index is 9.56. The summed E-state index contributed by atoms with van der Waals surface area (Å²) >= 11 is 0. The zero-order chi connectivity index (χ0) is 6.41. The van der Waals surface area contributed by atoms with Crippen molar-refractivity contribution in [3.8, 4) is 0 Å². The van der Waals surface area contributed by atoms with Gasteiger partial charge in [0.25, 0.3) is 6.47 Å². The Morgan fingerprint density at radius 3 is 2.75 bits per heavy atom. The van der Waals surface area contributed by atoms with Crippen LogP contribution < -0.4 is 0 Å². The monoisotopic (exact) mass is 115 g/mol. The summed E-state index contributed by atoms with van der Waals surface area (Å²) in [4.78, 5) is 18.8. The Morgan fingerprint density at radius 2 is 2.38 bits per heavy atom. The first-order valence-corrected chi connectivity index (χ1v) is 1.68. The molecule has 43 valence electrons. The largest absolute Gasteiger partial charge is 0.478 e. The third-order valence-electron chi connectivity index (χ3n) is 0.299. The summed E-state index contributed by atoms with van der Waals surface area (Å²) in [6.45, 7) is 0.0828. The van der Waals surface area contributed by atoms with Gasteiger partial charge in [-0.3, -0.25) is 4.79 Å². The van der Waals surface area contributed by atoms with Crippen LogP contribution in [0.2, 0.25) is 0 Å². The Morgan fingerprint density at radius 1 is 1.75 bits per heavy atom. The summed E-state index contributed by atoms with van der Waals surface area (Å²) in [5, 5.41) is 7.83. The molecule has 0 spiro atoms. The Labute approximate surface area is 45.4 Å². The van der Waals surface area contributed by atoms with Crippen LogP contribution in [0.5, 0.6) is 0 Å². The average molecular weight is 115 g/mol. The minimum Gasteiger partial charge on any atom is -0.478 e. The number of rotatable bonds is 3. The lowest BCUT2D eigenvalue weighted by atomic mass is 10.6. The first-order chi connectivity index (χ1) is 3.77. The quantitative estimate of drug-likeness (QED) is 0.307. The number of aliphatic carboxylic acids is 1. The van der Waals surface area contributed by atoms with E-state index < -0.39 is 5.97 Å². The second kappa shape index (κ2) is 3.86. The van der Waals surface area contributed by atoms with Crippen molar-refractivity contribution < 1.29 is 19.4 Å². The van der Waals surface area contributed by atoms with Crippen LogP contribution in [0.3, 0.4) is 0 Å². The van der Waals surface area contributed by atoms with Gasteiger partial charge in [-0.05, 0) is 0 Å². The lowest BCUT2D eigenvalue weighted by molar-refractivity contribution is -0.131. The molecule has 0 aliphatic heterocycles. The highest BCUT2D eigenvalue weighted by Crippen LogP contribution is 1.69. The lowest BCUT2D eigenvalue weighted by Crippen LogP contribution is -1.87. The predicted molar refractivity (Wildman–Crippen MR) is 22.6 cm³/mol. The maximum absolute atomic E-state index is 9.56. The van der Waals surface area contributed by atoms with Gasteiger partial charge in [0, 0.05) is 0 Å². The lowest BCUT2D eigenvalue weighted by Gasteiger charge is -1.76. The molecular formula is C4H3O4. The van der Waals surface area contributed by atoms with Crippen LogP contribution >= 0.6 is 0 Å². The molecule has 0 aromatic carbocycles.